The maximum absolute atomic E-state index is 12.0. The first kappa shape index (κ1) is 15.6. The van der Waals surface area contributed by atoms with Crippen molar-refractivity contribution in [3.63, 3.8) is 0 Å². The molecule has 0 spiro atoms. The molecular weight excluding hydrogens is 284 g/mol. The fraction of sp³-hybridized carbons (Fsp3) is 0.278. The highest BCUT2D eigenvalue weighted by atomic mass is 35.5. The van der Waals surface area contributed by atoms with Crippen LogP contribution in [0.4, 0.5) is 0 Å². The number of carbonyl (C=O) groups excluding carboxylic acids is 1. The van der Waals surface area contributed by atoms with Crippen LogP contribution >= 0.6 is 11.6 Å². The van der Waals surface area contributed by atoms with Gasteiger partial charge in [-0.15, -0.1) is 0 Å². The Balaban J connectivity index is 2.07. The van der Waals surface area contributed by atoms with Gasteiger partial charge >= 0.3 is 0 Å². The summed E-state index contributed by atoms with van der Waals surface area (Å²) in [5.74, 6) is 1.82. The van der Waals surface area contributed by atoms with Crippen molar-refractivity contribution in [3.8, 4) is 11.5 Å². The average Bonchev–Trinajstić information content (AvgIpc) is 2.49. The molecule has 0 aliphatic rings. The van der Waals surface area contributed by atoms with E-state index in [1.54, 1.807) is 12.1 Å². The molecule has 0 bridgehead atoms. The highest BCUT2D eigenvalue weighted by molar-refractivity contribution is 6.30. The van der Waals surface area contributed by atoms with E-state index in [2.05, 4.69) is 0 Å². The molecule has 2 aromatic rings. The van der Waals surface area contributed by atoms with Gasteiger partial charge in [-0.2, -0.15) is 0 Å². The summed E-state index contributed by atoms with van der Waals surface area (Å²) < 4.78 is 5.77. The summed E-state index contributed by atoms with van der Waals surface area (Å²) in [4.78, 5) is 12.0. The van der Waals surface area contributed by atoms with E-state index >= 15 is 0 Å². The zero-order valence-electron chi connectivity index (χ0n) is 12.3. The van der Waals surface area contributed by atoms with E-state index in [0.717, 1.165) is 23.5 Å². The lowest BCUT2D eigenvalue weighted by molar-refractivity contribution is -0.121. The molecule has 0 amide bonds. The first-order valence-corrected chi connectivity index (χ1v) is 7.51. The van der Waals surface area contributed by atoms with Crippen LogP contribution in [0.25, 0.3) is 0 Å². The fourth-order valence-corrected chi connectivity index (χ4v) is 2.09. The Morgan fingerprint density at radius 3 is 2.52 bits per heavy atom. The van der Waals surface area contributed by atoms with E-state index in [9.17, 15) is 4.79 Å². The number of hydrogen-bond donors (Lipinski definition) is 0. The molecule has 0 heterocycles. The van der Waals surface area contributed by atoms with Crippen molar-refractivity contribution in [2.45, 2.75) is 26.7 Å². The van der Waals surface area contributed by atoms with Crippen molar-refractivity contribution in [1.82, 2.24) is 0 Å². The Morgan fingerprint density at radius 1 is 1.14 bits per heavy atom. The monoisotopic (exact) mass is 302 g/mol. The lowest BCUT2D eigenvalue weighted by atomic mass is 9.97. The van der Waals surface area contributed by atoms with E-state index < -0.39 is 0 Å². The van der Waals surface area contributed by atoms with E-state index in [4.69, 9.17) is 16.3 Å². The number of rotatable bonds is 6. The van der Waals surface area contributed by atoms with Gasteiger partial charge in [0.25, 0.3) is 0 Å². The Bertz CT molecular complexity index is 605. The van der Waals surface area contributed by atoms with Crippen molar-refractivity contribution >= 4 is 17.4 Å². The summed E-state index contributed by atoms with van der Waals surface area (Å²) in [6.07, 6.45) is 1.33. The Labute approximate surface area is 130 Å². The van der Waals surface area contributed by atoms with Crippen molar-refractivity contribution in [3.05, 3.63) is 59.1 Å². The number of ketones is 1. The zero-order chi connectivity index (χ0) is 15.2. The number of halogens is 1. The first-order valence-electron chi connectivity index (χ1n) is 7.13. The van der Waals surface area contributed by atoms with Crippen LogP contribution in [0.1, 0.15) is 25.8 Å². The standard InChI is InChI=1S/C18H19ClO2/c1-3-13(2)18(20)12-14-5-4-6-17(11-14)21-16-9-7-15(19)8-10-16/h4-11,13H,3,12H2,1-2H3. The second-order valence-corrected chi connectivity index (χ2v) is 5.59. The molecule has 2 nitrogen and oxygen atoms in total. The summed E-state index contributed by atoms with van der Waals surface area (Å²) >= 11 is 5.85. The van der Waals surface area contributed by atoms with Crippen LogP contribution in [0, 0.1) is 5.92 Å². The quantitative estimate of drug-likeness (QED) is 0.724. The molecular formula is C18H19ClO2. The van der Waals surface area contributed by atoms with Crippen LogP contribution in [0.3, 0.4) is 0 Å². The Morgan fingerprint density at radius 2 is 1.86 bits per heavy atom. The van der Waals surface area contributed by atoms with E-state index in [1.165, 1.54) is 0 Å². The molecule has 0 radical (unpaired) electrons. The minimum absolute atomic E-state index is 0.103. The van der Waals surface area contributed by atoms with Gasteiger partial charge in [0.1, 0.15) is 17.3 Å². The minimum Gasteiger partial charge on any atom is -0.457 e. The van der Waals surface area contributed by atoms with Crippen LogP contribution in [0.5, 0.6) is 11.5 Å². The highest BCUT2D eigenvalue weighted by Crippen LogP contribution is 2.24. The fourth-order valence-electron chi connectivity index (χ4n) is 1.96. The molecule has 0 aliphatic heterocycles. The van der Waals surface area contributed by atoms with Crippen molar-refractivity contribution in [2.24, 2.45) is 5.92 Å². The van der Waals surface area contributed by atoms with Gasteiger partial charge in [0.05, 0.1) is 0 Å². The second-order valence-electron chi connectivity index (χ2n) is 5.16. The molecule has 110 valence electrons. The molecule has 0 aliphatic carbocycles. The molecule has 0 aromatic heterocycles. The summed E-state index contributed by atoms with van der Waals surface area (Å²) in [5, 5.41) is 0.676. The predicted octanol–water partition coefficient (Wildman–Crippen LogP) is 5.29. The molecule has 3 heteroatoms. The van der Waals surface area contributed by atoms with Crippen molar-refractivity contribution in [1.29, 1.82) is 0 Å². The smallest absolute Gasteiger partial charge is 0.140 e. The van der Waals surface area contributed by atoms with Gasteiger partial charge in [-0.1, -0.05) is 37.6 Å². The topological polar surface area (TPSA) is 26.3 Å². The second kappa shape index (κ2) is 7.28. The number of benzene rings is 2. The number of carbonyl (C=O) groups is 1. The van der Waals surface area contributed by atoms with Crippen LogP contribution in [-0.4, -0.2) is 5.78 Å². The van der Waals surface area contributed by atoms with Gasteiger partial charge in [0.2, 0.25) is 0 Å². The van der Waals surface area contributed by atoms with Crippen LogP contribution < -0.4 is 4.74 Å². The molecule has 1 atom stereocenters. The Kier molecular flexibility index (Phi) is 5.40. The first-order chi connectivity index (χ1) is 10.1. The SMILES string of the molecule is CCC(C)C(=O)Cc1cccc(Oc2ccc(Cl)cc2)c1. The molecule has 2 aromatic carbocycles. The number of hydrogen-bond acceptors (Lipinski definition) is 2. The third-order valence-electron chi connectivity index (χ3n) is 3.49. The van der Waals surface area contributed by atoms with E-state index in [0.29, 0.717) is 11.4 Å². The average molecular weight is 303 g/mol. The third kappa shape index (κ3) is 4.61. The van der Waals surface area contributed by atoms with E-state index in [1.807, 2.05) is 50.2 Å². The maximum atomic E-state index is 12.0. The molecule has 2 rings (SSSR count). The minimum atomic E-state index is 0.103. The van der Waals surface area contributed by atoms with E-state index in [-0.39, 0.29) is 11.7 Å². The summed E-state index contributed by atoms with van der Waals surface area (Å²) in [7, 11) is 0. The summed E-state index contributed by atoms with van der Waals surface area (Å²) in [6, 6.07) is 14.9. The lowest BCUT2D eigenvalue weighted by Gasteiger charge is -2.09. The van der Waals surface area contributed by atoms with Crippen molar-refractivity contribution < 1.29 is 9.53 Å². The van der Waals surface area contributed by atoms with Crippen LogP contribution in [0.15, 0.2) is 48.5 Å². The van der Waals surface area contributed by atoms with Crippen LogP contribution in [0.2, 0.25) is 5.02 Å². The summed E-state index contributed by atoms with van der Waals surface area (Å²) in [5.41, 5.74) is 0.978. The van der Waals surface area contributed by atoms with Gasteiger partial charge in [-0.25, -0.2) is 0 Å². The molecule has 21 heavy (non-hydrogen) atoms. The molecule has 1 unspecified atom stereocenters. The van der Waals surface area contributed by atoms with Crippen LogP contribution in [-0.2, 0) is 11.2 Å². The van der Waals surface area contributed by atoms with Crippen molar-refractivity contribution in [2.75, 3.05) is 0 Å². The normalized spacial score (nSPS) is 12.0. The lowest BCUT2D eigenvalue weighted by Crippen LogP contribution is -2.12. The molecule has 0 saturated heterocycles. The zero-order valence-corrected chi connectivity index (χ0v) is 13.1. The number of ether oxygens (including phenoxy) is 1. The van der Waals surface area contributed by atoms with Gasteiger partial charge in [-0.05, 0) is 48.4 Å². The largest absolute Gasteiger partial charge is 0.457 e. The summed E-state index contributed by atoms with van der Waals surface area (Å²) in [6.45, 7) is 4.00. The highest BCUT2D eigenvalue weighted by Gasteiger charge is 2.11. The molecule has 0 fully saturated rings. The van der Waals surface area contributed by atoms with Gasteiger partial charge in [0.15, 0.2) is 0 Å². The Hall–Kier alpha value is -1.80. The van der Waals surface area contributed by atoms with Gasteiger partial charge in [-0.3, -0.25) is 4.79 Å². The third-order valence-corrected chi connectivity index (χ3v) is 3.74. The number of Topliss-reactive ketones (excluding diaryl/α,β-unsaturated/α-hetero) is 1. The molecule has 0 N–H and O–H groups in total. The maximum Gasteiger partial charge on any atom is 0.140 e. The van der Waals surface area contributed by atoms with Gasteiger partial charge < -0.3 is 4.74 Å². The van der Waals surface area contributed by atoms with Gasteiger partial charge in [0, 0.05) is 17.4 Å². The molecule has 0 saturated carbocycles. The predicted molar refractivity (Wildman–Crippen MR) is 86.1 cm³/mol.